The topological polar surface area (TPSA) is 82.1 Å². The van der Waals surface area contributed by atoms with Crippen LogP contribution in [-0.2, 0) is 4.79 Å². The molecule has 1 saturated heterocycles. The van der Waals surface area contributed by atoms with Gasteiger partial charge in [0.1, 0.15) is 5.82 Å². The van der Waals surface area contributed by atoms with Gasteiger partial charge in [-0.25, -0.2) is 4.98 Å². The van der Waals surface area contributed by atoms with Crippen molar-refractivity contribution >= 4 is 5.91 Å². The van der Waals surface area contributed by atoms with Crippen LogP contribution in [0.4, 0.5) is 0 Å². The third kappa shape index (κ3) is 3.26. The fraction of sp³-hybridized carbons (Fsp3) is 0.800. The molecule has 1 aromatic rings. The van der Waals surface area contributed by atoms with Gasteiger partial charge in [0.2, 0.25) is 5.91 Å². The SMILES string of the molecule is Cc1nc(C2CCN(C(=O)CC3(O)CCCC3)CC2)n[nH]1. The van der Waals surface area contributed by atoms with Crippen LogP contribution in [-0.4, -0.2) is 49.8 Å². The average molecular weight is 292 g/mol. The molecule has 116 valence electrons. The zero-order chi connectivity index (χ0) is 14.9. The number of nitrogens with zero attached hydrogens (tertiary/aromatic N) is 3. The number of likely N-dealkylation sites (tertiary alicyclic amines) is 1. The van der Waals surface area contributed by atoms with Crippen molar-refractivity contribution in [3.8, 4) is 0 Å². The number of hydrogen-bond donors (Lipinski definition) is 2. The van der Waals surface area contributed by atoms with Crippen molar-refractivity contribution in [1.29, 1.82) is 0 Å². The molecule has 0 aromatic carbocycles. The lowest BCUT2D eigenvalue weighted by molar-refractivity contribution is -0.137. The van der Waals surface area contributed by atoms with Crippen LogP contribution in [0.25, 0.3) is 0 Å². The van der Waals surface area contributed by atoms with E-state index in [9.17, 15) is 9.90 Å². The quantitative estimate of drug-likeness (QED) is 0.885. The van der Waals surface area contributed by atoms with Crippen LogP contribution in [0.5, 0.6) is 0 Å². The molecule has 0 bridgehead atoms. The molecule has 0 atom stereocenters. The Labute approximate surface area is 124 Å². The summed E-state index contributed by atoms with van der Waals surface area (Å²) in [5.74, 6) is 2.15. The lowest BCUT2D eigenvalue weighted by Gasteiger charge is -2.33. The predicted molar refractivity (Wildman–Crippen MR) is 77.7 cm³/mol. The molecule has 1 aliphatic carbocycles. The molecule has 21 heavy (non-hydrogen) atoms. The number of carbonyl (C=O) groups is 1. The van der Waals surface area contributed by atoms with Crippen LogP contribution in [0.3, 0.4) is 0 Å². The second-order valence-electron chi connectivity index (χ2n) is 6.54. The Balaban J connectivity index is 1.52. The third-order valence-corrected chi connectivity index (χ3v) is 4.84. The van der Waals surface area contributed by atoms with Crippen molar-refractivity contribution in [3.63, 3.8) is 0 Å². The molecule has 0 radical (unpaired) electrons. The summed E-state index contributed by atoms with van der Waals surface area (Å²) in [6.07, 6.45) is 5.71. The van der Waals surface area contributed by atoms with Gasteiger partial charge >= 0.3 is 0 Å². The molecule has 6 nitrogen and oxygen atoms in total. The van der Waals surface area contributed by atoms with E-state index < -0.39 is 5.60 Å². The molecule has 1 amide bonds. The summed E-state index contributed by atoms with van der Waals surface area (Å²) in [6, 6.07) is 0. The smallest absolute Gasteiger partial charge is 0.225 e. The lowest BCUT2D eigenvalue weighted by Crippen LogP contribution is -2.42. The first-order chi connectivity index (χ1) is 10.1. The minimum atomic E-state index is -0.741. The standard InChI is InChI=1S/C15H24N4O2/c1-11-16-14(18-17-11)12-4-8-19(9-5-12)13(20)10-15(21)6-2-3-7-15/h12,21H,2-10H2,1H3,(H,16,17,18). The second-order valence-corrected chi connectivity index (χ2v) is 6.54. The van der Waals surface area contributed by atoms with E-state index in [0.29, 0.717) is 5.92 Å². The summed E-state index contributed by atoms with van der Waals surface area (Å²) < 4.78 is 0. The summed E-state index contributed by atoms with van der Waals surface area (Å²) in [5, 5.41) is 17.5. The Hall–Kier alpha value is -1.43. The van der Waals surface area contributed by atoms with Crippen molar-refractivity contribution in [3.05, 3.63) is 11.6 Å². The van der Waals surface area contributed by atoms with Crippen LogP contribution in [0.15, 0.2) is 0 Å². The molecule has 2 fully saturated rings. The maximum absolute atomic E-state index is 12.3. The first-order valence-electron chi connectivity index (χ1n) is 7.95. The highest BCUT2D eigenvalue weighted by atomic mass is 16.3. The second kappa shape index (κ2) is 5.75. The van der Waals surface area contributed by atoms with Gasteiger partial charge in [-0.05, 0) is 32.6 Å². The van der Waals surface area contributed by atoms with E-state index in [1.165, 1.54) is 0 Å². The van der Waals surface area contributed by atoms with E-state index in [1.54, 1.807) is 0 Å². The molecule has 0 spiro atoms. The number of aryl methyl sites for hydroxylation is 1. The molecule has 1 aliphatic heterocycles. The number of H-pyrrole nitrogens is 1. The number of rotatable bonds is 3. The number of carbonyl (C=O) groups excluding carboxylic acids is 1. The molecular weight excluding hydrogens is 268 g/mol. The third-order valence-electron chi connectivity index (χ3n) is 4.84. The average Bonchev–Trinajstić information content (AvgIpc) is 3.08. The Morgan fingerprint density at radius 1 is 1.38 bits per heavy atom. The highest BCUT2D eigenvalue weighted by molar-refractivity contribution is 5.77. The molecule has 2 heterocycles. The largest absolute Gasteiger partial charge is 0.389 e. The summed E-state index contributed by atoms with van der Waals surface area (Å²) >= 11 is 0. The van der Waals surface area contributed by atoms with Crippen LogP contribution < -0.4 is 0 Å². The fourth-order valence-corrected chi connectivity index (χ4v) is 3.53. The van der Waals surface area contributed by atoms with Crippen molar-refractivity contribution in [2.75, 3.05) is 13.1 Å². The van der Waals surface area contributed by atoms with E-state index in [2.05, 4.69) is 15.2 Å². The Morgan fingerprint density at radius 3 is 2.62 bits per heavy atom. The molecule has 1 aromatic heterocycles. The molecule has 6 heteroatoms. The number of nitrogens with one attached hydrogen (secondary N) is 1. The Morgan fingerprint density at radius 2 is 2.05 bits per heavy atom. The zero-order valence-electron chi connectivity index (χ0n) is 12.6. The van der Waals surface area contributed by atoms with Crippen LogP contribution >= 0.6 is 0 Å². The van der Waals surface area contributed by atoms with E-state index in [0.717, 1.165) is 63.3 Å². The van der Waals surface area contributed by atoms with Gasteiger partial charge in [0.15, 0.2) is 5.82 Å². The van der Waals surface area contributed by atoms with Gasteiger partial charge in [0.25, 0.3) is 0 Å². The molecular formula is C15H24N4O2. The highest BCUT2D eigenvalue weighted by Gasteiger charge is 2.36. The van der Waals surface area contributed by atoms with Gasteiger partial charge in [-0.3, -0.25) is 9.89 Å². The van der Waals surface area contributed by atoms with Gasteiger partial charge in [-0.2, -0.15) is 5.10 Å². The monoisotopic (exact) mass is 292 g/mol. The number of amides is 1. The Bertz CT molecular complexity index is 500. The summed E-state index contributed by atoms with van der Waals surface area (Å²) in [6.45, 7) is 3.39. The number of hydrogen-bond acceptors (Lipinski definition) is 4. The first kappa shape index (κ1) is 14.5. The summed E-state index contributed by atoms with van der Waals surface area (Å²) in [5.41, 5.74) is -0.741. The van der Waals surface area contributed by atoms with E-state index >= 15 is 0 Å². The minimum absolute atomic E-state index is 0.101. The molecule has 1 saturated carbocycles. The van der Waals surface area contributed by atoms with Crippen LogP contribution in [0.2, 0.25) is 0 Å². The number of aliphatic hydroxyl groups is 1. The van der Waals surface area contributed by atoms with Gasteiger partial charge < -0.3 is 10.0 Å². The number of piperidine rings is 1. The molecule has 3 rings (SSSR count). The maximum Gasteiger partial charge on any atom is 0.225 e. The summed E-state index contributed by atoms with van der Waals surface area (Å²) in [7, 11) is 0. The zero-order valence-corrected chi connectivity index (χ0v) is 12.6. The predicted octanol–water partition coefficient (Wildman–Crippen LogP) is 1.51. The van der Waals surface area contributed by atoms with Crippen molar-refractivity contribution in [2.45, 2.75) is 63.4 Å². The molecule has 2 aliphatic rings. The first-order valence-corrected chi connectivity index (χ1v) is 7.95. The fourth-order valence-electron chi connectivity index (χ4n) is 3.53. The maximum atomic E-state index is 12.3. The van der Waals surface area contributed by atoms with Crippen molar-refractivity contribution in [1.82, 2.24) is 20.1 Å². The van der Waals surface area contributed by atoms with E-state index in [4.69, 9.17) is 0 Å². The van der Waals surface area contributed by atoms with Gasteiger partial charge in [-0.15, -0.1) is 0 Å². The van der Waals surface area contributed by atoms with Crippen LogP contribution in [0, 0.1) is 6.92 Å². The van der Waals surface area contributed by atoms with Crippen molar-refractivity contribution < 1.29 is 9.90 Å². The number of aromatic amines is 1. The van der Waals surface area contributed by atoms with Crippen LogP contribution in [0.1, 0.15) is 62.5 Å². The van der Waals surface area contributed by atoms with Gasteiger partial charge in [0.05, 0.1) is 12.0 Å². The van der Waals surface area contributed by atoms with E-state index in [1.807, 2.05) is 11.8 Å². The van der Waals surface area contributed by atoms with E-state index in [-0.39, 0.29) is 12.3 Å². The van der Waals surface area contributed by atoms with Gasteiger partial charge in [0, 0.05) is 19.0 Å². The minimum Gasteiger partial charge on any atom is -0.389 e. The lowest BCUT2D eigenvalue weighted by atomic mass is 9.93. The Kier molecular flexibility index (Phi) is 3.97. The summed E-state index contributed by atoms with van der Waals surface area (Å²) in [4.78, 5) is 18.6. The van der Waals surface area contributed by atoms with Gasteiger partial charge in [-0.1, -0.05) is 12.8 Å². The highest BCUT2D eigenvalue weighted by Crippen LogP contribution is 2.33. The number of aromatic nitrogens is 3. The molecule has 2 N–H and O–H groups in total. The normalized spacial score (nSPS) is 22.7. The molecule has 0 unspecified atom stereocenters. The van der Waals surface area contributed by atoms with Crippen molar-refractivity contribution in [2.24, 2.45) is 0 Å².